The van der Waals surface area contributed by atoms with Gasteiger partial charge in [0.1, 0.15) is 5.82 Å². The third kappa shape index (κ3) is 3.48. The zero-order valence-corrected chi connectivity index (χ0v) is 19.3. The maximum atomic E-state index is 12.9. The van der Waals surface area contributed by atoms with Gasteiger partial charge in [-0.1, -0.05) is 49.9 Å². The maximum absolute atomic E-state index is 12.9. The van der Waals surface area contributed by atoms with Gasteiger partial charge in [-0.05, 0) is 43.5 Å². The highest BCUT2D eigenvalue weighted by Crippen LogP contribution is 2.28. The van der Waals surface area contributed by atoms with Gasteiger partial charge in [0.25, 0.3) is 5.56 Å². The first-order chi connectivity index (χ1) is 15.6. The Balaban J connectivity index is 1.57. The van der Waals surface area contributed by atoms with Crippen LogP contribution in [0.2, 0.25) is 0 Å². The van der Waals surface area contributed by atoms with Crippen LogP contribution in [0.1, 0.15) is 33.0 Å². The Morgan fingerprint density at radius 1 is 0.969 bits per heavy atom. The van der Waals surface area contributed by atoms with Crippen LogP contribution in [0.15, 0.2) is 58.5 Å². The van der Waals surface area contributed by atoms with Crippen molar-refractivity contribution in [2.24, 2.45) is 5.92 Å². The quantitative estimate of drug-likeness (QED) is 0.337. The first-order valence-electron chi connectivity index (χ1n) is 11.0. The van der Waals surface area contributed by atoms with Gasteiger partial charge < -0.3 is 4.57 Å². The van der Waals surface area contributed by atoms with Crippen molar-refractivity contribution in [3.8, 4) is 0 Å². The van der Waals surface area contributed by atoms with E-state index < -0.39 is 0 Å². The van der Waals surface area contributed by atoms with E-state index in [1.807, 2.05) is 41.7 Å². The predicted molar refractivity (Wildman–Crippen MR) is 129 cm³/mol. The molecule has 32 heavy (non-hydrogen) atoms. The highest BCUT2D eigenvalue weighted by atomic mass is 32.2. The lowest BCUT2D eigenvalue weighted by atomic mass is 10.1. The van der Waals surface area contributed by atoms with Crippen molar-refractivity contribution in [3.63, 3.8) is 0 Å². The molecular formula is C24H26N6OS. The predicted octanol–water partition coefficient (Wildman–Crippen LogP) is 4.75. The number of hydrogen-bond acceptors (Lipinski definition) is 5. The number of benzene rings is 2. The van der Waals surface area contributed by atoms with Crippen LogP contribution >= 0.6 is 11.8 Å². The Morgan fingerprint density at radius 2 is 1.72 bits per heavy atom. The summed E-state index contributed by atoms with van der Waals surface area (Å²) in [4.78, 5) is 17.8. The molecule has 0 radical (unpaired) electrons. The van der Waals surface area contributed by atoms with Crippen LogP contribution in [0.25, 0.3) is 27.7 Å². The van der Waals surface area contributed by atoms with E-state index in [4.69, 9.17) is 4.98 Å². The molecule has 0 saturated carbocycles. The van der Waals surface area contributed by atoms with Crippen LogP contribution in [0.4, 0.5) is 0 Å². The third-order valence-electron chi connectivity index (χ3n) is 5.77. The molecule has 0 aliphatic rings. The van der Waals surface area contributed by atoms with E-state index in [1.165, 1.54) is 0 Å². The van der Waals surface area contributed by atoms with Crippen molar-refractivity contribution in [3.05, 3.63) is 64.7 Å². The first kappa shape index (κ1) is 20.8. The van der Waals surface area contributed by atoms with Gasteiger partial charge in [0.05, 0.1) is 27.7 Å². The molecule has 0 unspecified atom stereocenters. The maximum Gasteiger partial charge on any atom is 0.262 e. The van der Waals surface area contributed by atoms with Crippen molar-refractivity contribution in [1.82, 2.24) is 28.7 Å². The van der Waals surface area contributed by atoms with E-state index in [1.54, 1.807) is 16.3 Å². The fraction of sp³-hybridized carbons (Fsp3) is 0.333. The van der Waals surface area contributed by atoms with E-state index >= 15 is 0 Å². The fourth-order valence-corrected chi connectivity index (χ4v) is 5.04. The summed E-state index contributed by atoms with van der Waals surface area (Å²) in [5.74, 6) is 2.62. The third-order valence-corrected chi connectivity index (χ3v) is 6.74. The van der Waals surface area contributed by atoms with E-state index in [0.717, 1.165) is 40.5 Å². The van der Waals surface area contributed by atoms with Crippen LogP contribution < -0.4 is 5.56 Å². The second-order valence-corrected chi connectivity index (χ2v) is 9.27. The Bertz CT molecular complexity index is 1480. The van der Waals surface area contributed by atoms with Crippen LogP contribution in [-0.2, 0) is 18.8 Å². The molecule has 0 aliphatic carbocycles. The largest absolute Gasteiger partial charge is 0.319 e. The van der Waals surface area contributed by atoms with E-state index in [2.05, 4.69) is 46.8 Å². The van der Waals surface area contributed by atoms with Crippen molar-refractivity contribution < 1.29 is 0 Å². The standard InChI is InChI=1S/C24H26N6OS/c1-4-28-22(31)17-9-5-7-11-19(17)30-21(26-27-23(28)30)15-32-24-25-18-10-6-8-12-20(18)29(24)14-13-16(2)3/h5-12,16H,4,13-15H2,1-3H3. The average Bonchev–Trinajstić information content (AvgIpc) is 3.38. The highest BCUT2D eigenvalue weighted by molar-refractivity contribution is 7.98. The Hall–Kier alpha value is -3.13. The van der Waals surface area contributed by atoms with E-state index in [9.17, 15) is 4.79 Å². The molecule has 0 aliphatic heterocycles. The summed E-state index contributed by atoms with van der Waals surface area (Å²) in [6, 6.07) is 15.9. The Kier molecular flexibility index (Phi) is 5.46. The van der Waals surface area contributed by atoms with Crippen molar-refractivity contribution >= 4 is 39.5 Å². The molecule has 5 rings (SSSR count). The molecule has 5 aromatic rings. The number of aryl methyl sites for hydroxylation is 2. The molecular weight excluding hydrogens is 420 g/mol. The number of imidazole rings is 1. The summed E-state index contributed by atoms with van der Waals surface area (Å²) < 4.78 is 6.00. The van der Waals surface area contributed by atoms with Crippen molar-refractivity contribution in [2.45, 2.75) is 51.2 Å². The SMILES string of the molecule is CCn1c(=O)c2ccccc2n2c(CSc3nc4ccccc4n3CCC(C)C)nnc12. The Morgan fingerprint density at radius 3 is 2.50 bits per heavy atom. The van der Waals surface area contributed by atoms with Gasteiger partial charge >= 0.3 is 0 Å². The topological polar surface area (TPSA) is 70.0 Å². The van der Waals surface area contributed by atoms with Gasteiger partial charge in [0.15, 0.2) is 5.16 Å². The summed E-state index contributed by atoms with van der Waals surface area (Å²) in [6.45, 7) is 7.92. The molecule has 0 bridgehead atoms. The summed E-state index contributed by atoms with van der Waals surface area (Å²) in [7, 11) is 0. The molecule has 0 fully saturated rings. The van der Waals surface area contributed by atoms with E-state index in [-0.39, 0.29) is 5.56 Å². The average molecular weight is 447 g/mol. The number of nitrogens with zero attached hydrogens (tertiary/aromatic N) is 6. The van der Waals surface area contributed by atoms with Crippen LogP contribution in [0.5, 0.6) is 0 Å². The minimum absolute atomic E-state index is 0.0299. The van der Waals surface area contributed by atoms with Gasteiger partial charge in [-0.15, -0.1) is 10.2 Å². The van der Waals surface area contributed by atoms with Gasteiger partial charge in [-0.25, -0.2) is 4.98 Å². The van der Waals surface area contributed by atoms with E-state index in [0.29, 0.717) is 29.4 Å². The number of rotatable bonds is 7. The number of para-hydroxylation sites is 3. The van der Waals surface area contributed by atoms with Gasteiger partial charge in [0, 0.05) is 13.1 Å². The normalized spacial score (nSPS) is 12.0. The molecule has 0 spiro atoms. The second-order valence-electron chi connectivity index (χ2n) is 8.32. The minimum Gasteiger partial charge on any atom is -0.319 e. The smallest absolute Gasteiger partial charge is 0.262 e. The lowest BCUT2D eigenvalue weighted by Crippen LogP contribution is -2.22. The number of thioether (sulfide) groups is 1. The highest BCUT2D eigenvalue weighted by Gasteiger charge is 2.17. The summed E-state index contributed by atoms with van der Waals surface area (Å²) in [5.41, 5.74) is 2.98. The van der Waals surface area contributed by atoms with Gasteiger partial charge in [-0.3, -0.25) is 13.8 Å². The molecule has 0 N–H and O–H groups in total. The molecule has 8 heteroatoms. The molecule has 0 saturated heterocycles. The summed E-state index contributed by atoms with van der Waals surface area (Å²) >= 11 is 1.66. The lowest BCUT2D eigenvalue weighted by Gasteiger charge is -2.11. The monoisotopic (exact) mass is 446 g/mol. The molecule has 3 heterocycles. The molecule has 0 atom stereocenters. The van der Waals surface area contributed by atoms with Crippen molar-refractivity contribution in [2.75, 3.05) is 0 Å². The number of aromatic nitrogens is 6. The number of hydrogen-bond donors (Lipinski definition) is 0. The second kappa shape index (κ2) is 8.43. The van der Waals surface area contributed by atoms with Crippen LogP contribution in [0, 0.1) is 5.92 Å². The first-order valence-corrected chi connectivity index (χ1v) is 12.0. The molecule has 7 nitrogen and oxygen atoms in total. The lowest BCUT2D eigenvalue weighted by molar-refractivity contribution is 0.503. The minimum atomic E-state index is -0.0299. The molecule has 3 aromatic heterocycles. The van der Waals surface area contributed by atoms with Crippen molar-refractivity contribution in [1.29, 1.82) is 0 Å². The van der Waals surface area contributed by atoms with Gasteiger partial charge in [0.2, 0.25) is 5.78 Å². The number of fused-ring (bicyclic) bond motifs is 4. The fourth-order valence-electron chi connectivity index (χ4n) is 4.09. The van der Waals surface area contributed by atoms with Crippen LogP contribution in [-0.4, -0.2) is 28.7 Å². The van der Waals surface area contributed by atoms with Gasteiger partial charge in [-0.2, -0.15) is 0 Å². The zero-order valence-electron chi connectivity index (χ0n) is 18.5. The Labute approximate surface area is 190 Å². The molecule has 164 valence electrons. The molecule has 0 amide bonds. The summed E-state index contributed by atoms with van der Waals surface area (Å²) in [5, 5.41) is 10.5. The van der Waals surface area contributed by atoms with Crippen LogP contribution in [0.3, 0.4) is 0 Å². The summed E-state index contributed by atoms with van der Waals surface area (Å²) in [6.07, 6.45) is 1.09. The molecule has 2 aromatic carbocycles. The zero-order chi connectivity index (χ0) is 22.2.